The van der Waals surface area contributed by atoms with Crippen molar-refractivity contribution in [1.29, 1.82) is 0 Å². The number of halogens is 1. The van der Waals surface area contributed by atoms with Crippen LogP contribution in [0, 0.1) is 6.92 Å². The van der Waals surface area contributed by atoms with Crippen molar-refractivity contribution < 1.29 is 0 Å². The van der Waals surface area contributed by atoms with Gasteiger partial charge in [-0.05, 0) is 32.4 Å². The highest BCUT2D eigenvalue weighted by molar-refractivity contribution is 6.30. The standard InChI is InChI=1S/C17H22ClN5/c1-12-21-15(13-5-3-7-19-10-13)9-16(22-12)23(2)11-14-6-4-8-20-17(14)18/h4,6,8-9,13,19H,3,5,7,10-11H2,1-2H3. The van der Waals surface area contributed by atoms with Gasteiger partial charge in [-0.15, -0.1) is 0 Å². The monoisotopic (exact) mass is 331 g/mol. The van der Waals surface area contributed by atoms with Gasteiger partial charge in [0.15, 0.2) is 0 Å². The summed E-state index contributed by atoms with van der Waals surface area (Å²) in [5.41, 5.74) is 2.12. The molecular formula is C17H22ClN5. The molecule has 0 spiro atoms. The van der Waals surface area contributed by atoms with E-state index in [4.69, 9.17) is 11.6 Å². The number of hydrogen-bond donors (Lipinski definition) is 1. The zero-order valence-corrected chi connectivity index (χ0v) is 14.3. The first-order valence-corrected chi connectivity index (χ1v) is 8.38. The Morgan fingerprint density at radius 1 is 1.39 bits per heavy atom. The molecule has 1 fully saturated rings. The summed E-state index contributed by atoms with van der Waals surface area (Å²) in [6.07, 6.45) is 4.08. The average molecular weight is 332 g/mol. The molecule has 6 heteroatoms. The molecule has 122 valence electrons. The van der Waals surface area contributed by atoms with Crippen LogP contribution in [0.2, 0.25) is 5.15 Å². The van der Waals surface area contributed by atoms with Crippen molar-refractivity contribution in [2.45, 2.75) is 32.2 Å². The van der Waals surface area contributed by atoms with Gasteiger partial charge in [-0.3, -0.25) is 0 Å². The number of nitrogens with zero attached hydrogens (tertiary/aromatic N) is 4. The Morgan fingerprint density at radius 3 is 3.00 bits per heavy atom. The van der Waals surface area contributed by atoms with Crippen LogP contribution in [0.15, 0.2) is 24.4 Å². The van der Waals surface area contributed by atoms with E-state index in [1.165, 1.54) is 12.8 Å². The van der Waals surface area contributed by atoms with E-state index in [9.17, 15) is 0 Å². The molecule has 3 heterocycles. The molecule has 1 aliphatic heterocycles. The fourth-order valence-electron chi connectivity index (χ4n) is 2.96. The summed E-state index contributed by atoms with van der Waals surface area (Å²) in [7, 11) is 2.02. The minimum absolute atomic E-state index is 0.472. The van der Waals surface area contributed by atoms with Gasteiger partial charge in [-0.2, -0.15) is 0 Å². The predicted molar refractivity (Wildman–Crippen MR) is 93.0 cm³/mol. The molecule has 0 saturated carbocycles. The van der Waals surface area contributed by atoms with Crippen LogP contribution in [0.4, 0.5) is 5.82 Å². The molecule has 5 nitrogen and oxygen atoms in total. The summed E-state index contributed by atoms with van der Waals surface area (Å²) in [6, 6.07) is 6.00. The van der Waals surface area contributed by atoms with E-state index < -0.39 is 0 Å². The van der Waals surface area contributed by atoms with Gasteiger partial charge >= 0.3 is 0 Å². The highest BCUT2D eigenvalue weighted by atomic mass is 35.5. The topological polar surface area (TPSA) is 53.9 Å². The van der Waals surface area contributed by atoms with Gasteiger partial charge in [0.05, 0.1) is 5.69 Å². The van der Waals surface area contributed by atoms with Crippen LogP contribution in [0.25, 0.3) is 0 Å². The number of nitrogens with one attached hydrogen (secondary N) is 1. The number of piperidine rings is 1. The summed E-state index contributed by atoms with van der Waals surface area (Å²) in [5, 5.41) is 3.99. The van der Waals surface area contributed by atoms with Gasteiger partial charge < -0.3 is 10.2 Å². The summed E-state index contributed by atoms with van der Waals surface area (Å²) < 4.78 is 0. The lowest BCUT2D eigenvalue weighted by Crippen LogP contribution is -2.29. The fourth-order valence-corrected chi connectivity index (χ4v) is 3.14. The van der Waals surface area contributed by atoms with Crippen LogP contribution in [-0.2, 0) is 6.54 Å². The third-order valence-electron chi connectivity index (χ3n) is 4.19. The highest BCUT2D eigenvalue weighted by Crippen LogP contribution is 2.25. The Labute approximate surface area is 142 Å². The van der Waals surface area contributed by atoms with E-state index >= 15 is 0 Å². The Bertz CT molecular complexity index is 670. The molecule has 23 heavy (non-hydrogen) atoms. The van der Waals surface area contributed by atoms with Crippen LogP contribution >= 0.6 is 11.6 Å². The molecule has 0 aromatic carbocycles. The third-order valence-corrected chi connectivity index (χ3v) is 4.53. The first kappa shape index (κ1) is 16.1. The van der Waals surface area contributed by atoms with Crippen molar-refractivity contribution in [3.05, 3.63) is 46.6 Å². The van der Waals surface area contributed by atoms with Gasteiger partial charge in [0.2, 0.25) is 0 Å². The van der Waals surface area contributed by atoms with Crippen LogP contribution in [-0.4, -0.2) is 35.1 Å². The number of aryl methyl sites for hydroxylation is 1. The van der Waals surface area contributed by atoms with E-state index in [1.807, 2.05) is 26.1 Å². The van der Waals surface area contributed by atoms with Gasteiger partial charge in [0.1, 0.15) is 16.8 Å². The lowest BCUT2D eigenvalue weighted by atomic mass is 9.96. The van der Waals surface area contributed by atoms with Crippen molar-refractivity contribution in [3.8, 4) is 0 Å². The minimum Gasteiger partial charge on any atom is -0.355 e. The maximum Gasteiger partial charge on any atom is 0.133 e. The summed E-state index contributed by atoms with van der Waals surface area (Å²) in [5.74, 6) is 2.21. The smallest absolute Gasteiger partial charge is 0.133 e. The molecule has 0 bridgehead atoms. The van der Waals surface area contributed by atoms with Crippen molar-refractivity contribution in [1.82, 2.24) is 20.3 Å². The normalized spacial score (nSPS) is 18.0. The highest BCUT2D eigenvalue weighted by Gasteiger charge is 2.19. The van der Waals surface area contributed by atoms with Gasteiger partial charge in [-0.1, -0.05) is 17.7 Å². The average Bonchev–Trinajstić information content (AvgIpc) is 2.57. The second-order valence-corrected chi connectivity index (χ2v) is 6.41. The van der Waals surface area contributed by atoms with Gasteiger partial charge in [-0.25, -0.2) is 15.0 Å². The van der Waals surface area contributed by atoms with Crippen LogP contribution in [0.3, 0.4) is 0 Å². The first-order chi connectivity index (χ1) is 11.1. The number of rotatable bonds is 4. The van der Waals surface area contributed by atoms with Gasteiger partial charge in [0, 0.05) is 43.9 Å². The fraction of sp³-hybridized carbons (Fsp3) is 0.471. The number of aromatic nitrogens is 3. The largest absolute Gasteiger partial charge is 0.355 e. The number of pyridine rings is 1. The zero-order chi connectivity index (χ0) is 16.2. The van der Waals surface area contributed by atoms with Crippen molar-refractivity contribution in [3.63, 3.8) is 0 Å². The molecule has 0 radical (unpaired) electrons. The molecule has 1 N–H and O–H groups in total. The summed E-state index contributed by atoms with van der Waals surface area (Å²) >= 11 is 6.16. The molecule has 2 aromatic rings. The van der Waals surface area contributed by atoms with Crippen LogP contribution in [0.5, 0.6) is 0 Å². The minimum atomic E-state index is 0.472. The van der Waals surface area contributed by atoms with Gasteiger partial charge in [0.25, 0.3) is 0 Å². The molecule has 1 aliphatic rings. The summed E-state index contributed by atoms with van der Waals surface area (Å²) in [4.78, 5) is 15.5. The van der Waals surface area contributed by atoms with Crippen LogP contribution in [0.1, 0.15) is 35.8 Å². The lowest BCUT2D eigenvalue weighted by Gasteiger charge is -2.24. The molecule has 2 aromatic heterocycles. The first-order valence-electron chi connectivity index (χ1n) is 8.00. The second-order valence-electron chi connectivity index (χ2n) is 6.05. The van der Waals surface area contributed by atoms with E-state index in [0.717, 1.165) is 36.0 Å². The molecule has 3 rings (SSSR count). The SMILES string of the molecule is Cc1nc(C2CCCNC2)cc(N(C)Cc2cccnc2Cl)n1. The number of hydrogen-bond acceptors (Lipinski definition) is 5. The predicted octanol–water partition coefficient (Wildman–Crippen LogP) is 2.94. The van der Waals surface area contributed by atoms with Crippen molar-refractivity contribution in [2.75, 3.05) is 25.0 Å². The molecule has 1 atom stereocenters. The second kappa shape index (κ2) is 7.23. The van der Waals surface area contributed by atoms with E-state index in [-0.39, 0.29) is 0 Å². The van der Waals surface area contributed by atoms with E-state index in [2.05, 4.69) is 31.2 Å². The lowest BCUT2D eigenvalue weighted by molar-refractivity contribution is 0.453. The molecule has 1 unspecified atom stereocenters. The van der Waals surface area contributed by atoms with Crippen molar-refractivity contribution >= 4 is 17.4 Å². The zero-order valence-electron chi connectivity index (χ0n) is 13.6. The Balaban J connectivity index is 1.81. The maximum absolute atomic E-state index is 6.16. The number of anilines is 1. The summed E-state index contributed by atoms with van der Waals surface area (Å²) in [6.45, 7) is 4.72. The van der Waals surface area contributed by atoms with E-state index in [0.29, 0.717) is 17.6 Å². The molecule has 0 aliphatic carbocycles. The molecule has 0 amide bonds. The third kappa shape index (κ3) is 3.98. The Kier molecular flexibility index (Phi) is 5.08. The Morgan fingerprint density at radius 2 is 2.26 bits per heavy atom. The molecular weight excluding hydrogens is 310 g/mol. The van der Waals surface area contributed by atoms with E-state index in [1.54, 1.807) is 6.20 Å². The maximum atomic E-state index is 6.16. The van der Waals surface area contributed by atoms with Crippen LogP contribution < -0.4 is 10.2 Å². The molecule has 1 saturated heterocycles. The Hall–Kier alpha value is -1.72. The van der Waals surface area contributed by atoms with Crippen molar-refractivity contribution in [2.24, 2.45) is 0 Å². The quantitative estimate of drug-likeness (QED) is 0.873.